The number of hydrogen-bond acceptors (Lipinski definition) is 4. The number of Topliss-reactive ketones (excluding diaryl/α,β-unsaturated/α-hetero) is 1. The van der Waals surface area contributed by atoms with Crippen molar-refractivity contribution in [3.05, 3.63) is 82.8 Å². The molecule has 3 aromatic rings. The number of aromatic nitrogens is 2. The van der Waals surface area contributed by atoms with Gasteiger partial charge in [0.2, 0.25) is 0 Å². The molecule has 1 N–H and O–H groups in total. The van der Waals surface area contributed by atoms with E-state index >= 15 is 0 Å². The highest BCUT2D eigenvalue weighted by atomic mass is 16.2. The van der Waals surface area contributed by atoms with Crippen LogP contribution in [-0.2, 0) is 16.8 Å². The van der Waals surface area contributed by atoms with Gasteiger partial charge in [0.1, 0.15) is 11.4 Å². The molecular weight excluding hydrogens is 404 g/mol. The molecule has 1 fully saturated rings. The summed E-state index contributed by atoms with van der Waals surface area (Å²) in [5.74, 6) is 0.0979. The lowest BCUT2D eigenvalue weighted by atomic mass is 9.76. The normalized spacial score (nSPS) is 19.9. The highest BCUT2D eigenvalue weighted by Crippen LogP contribution is 2.40. The lowest BCUT2D eigenvalue weighted by Crippen LogP contribution is -2.46. The molecule has 3 amide bonds. The van der Waals surface area contributed by atoms with Crippen LogP contribution in [0.3, 0.4) is 0 Å². The zero-order chi connectivity index (χ0) is 22.5. The number of imide groups is 1. The summed E-state index contributed by atoms with van der Waals surface area (Å²) in [6.45, 7) is 3.46. The lowest BCUT2D eigenvalue weighted by Gasteiger charge is -2.33. The van der Waals surface area contributed by atoms with Crippen molar-refractivity contribution in [2.45, 2.75) is 38.6 Å². The third kappa shape index (κ3) is 2.96. The number of carbonyl (C=O) groups is 3. The van der Waals surface area contributed by atoms with Crippen molar-refractivity contribution in [2.24, 2.45) is 0 Å². The van der Waals surface area contributed by atoms with Crippen LogP contribution in [0.15, 0.2) is 54.7 Å². The minimum Gasteiger partial charge on any atom is -0.319 e. The predicted octanol–water partition coefficient (Wildman–Crippen LogP) is 3.46. The molecule has 7 nitrogen and oxygen atoms in total. The monoisotopic (exact) mass is 428 g/mol. The predicted molar refractivity (Wildman–Crippen MR) is 119 cm³/mol. The second-order valence-electron chi connectivity index (χ2n) is 8.47. The quantitative estimate of drug-likeness (QED) is 0.510. The van der Waals surface area contributed by atoms with Crippen LogP contribution >= 0.6 is 0 Å². The molecule has 0 bridgehead atoms. The third-order valence-electron chi connectivity index (χ3n) is 6.56. The van der Waals surface area contributed by atoms with Crippen LogP contribution in [-0.4, -0.2) is 38.7 Å². The Morgan fingerprint density at radius 1 is 1.12 bits per heavy atom. The van der Waals surface area contributed by atoms with Crippen LogP contribution in [0.2, 0.25) is 0 Å². The number of nitrogens with one attached hydrogen (secondary N) is 1. The first-order chi connectivity index (χ1) is 15.4. The molecule has 162 valence electrons. The summed E-state index contributed by atoms with van der Waals surface area (Å²) in [5.41, 5.74) is 2.92. The Bertz CT molecular complexity index is 1250. The Morgan fingerprint density at radius 3 is 2.69 bits per heavy atom. The zero-order valence-electron chi connectivity index (χ0n) is 18.1. The van der Waals surface area contributed by atoms with E-state index in [1.54, 1.807) is 12.3 Å². The van der Waals surface area contributed by atoms with Crippen LogP contribution < -0.4 is 5.32 Å². The van der Waals surface area contributed by atoms with Crippen LogP contribution in [0.25, 0.3) is 5.82 Å². The Hall–Kier alpha value is -3.74. The number of fused-ring (bicyclic) bond motifs is 2. The number of rotatable bonds is 4. The molecule has 7 heteroatoms. The average molecular weight is 428 g/mol. The number of amides is 3. The number of benzene rings is 1. The van der Waals surface area contributed by atoms with Gasteiger partial charge in [0.25, 0.3) is 5.91 Å². The van der Waals surface area contributed by atoms with Crippen molar-refractivity contribution >= 4 is 17.7 Å². The van der Waals surface area contributed by atoms with Gasteiger partial charge in [-0.2, -0.15) is 0 Å². The van der Waals surface area contributed by atoms with E-state index in [1.807, 2.05) is 60.9 Å². The molecule has 1 spiro atoms. The standard InChI is InChI=1S/C25H24N4O3/c1-16-14-19(17(2)29(16)22-11-5-6-13-26-22)21(30)15-28-23(31)25(27-24(28)32)12-7-9-18-8-3-4-10-20(18)25/h3-6,8,10-11,13-14H,7,9,12,15H2,1-2H3,(H,27,32). The molecule has 1 aromatic carbocycles. The summed E-state index contributed by atoms with van der Waals surface area (Å²) in [6.07, 6.45) is 3.91. The fourth-order valence-corrected chi connectivity index (χ4v) is 5.07. The molecule has 5 rings (SSSR count). The number of aryl methyl sites for hydroxylation is 2. The highest BCUT2D eigenvalue weighted by Gasteiger charge is 2.54. The topological polar surface area (TPSA) is 84.3 Å². The first kappa shape index (κ1) is 20.2. The van der Waals surface area contributed by atoms with Crippen molar-refractivity contribution in [2.75, 3.05) is 6.54 Å². The van der Waals surface area contributed by atoms with Gasteiger partial charge in [-0.25, -0.2) is 9.78 Å². The summed E-state index contributed by atoms with van der Waals surface area (Å²) >= 11 is 0. The maximum absolute atomic E-state index is 13.5. The highest BCUT2D eigenvalue weighted by molar-refractivity contribution is 6.12. The fraction of sp³-hybridized carbons (Fsp3) is 0.280. The molecule has 1 aliphatic carbocycles. The zero-order valence-corrected chi connectivity index (χ0v) is 18.1. The van der Waals surface area contributed by atoms with Crippen molar-refractivity contribution in [3.8, 4) is 5.82 Å². The molecule has 0 saturated carbocycles. The van der Waals surface area contributed by atoms with Gasteiger partial charge >= 0.3 is 6.03 Å². The molecule has 1 atom stereocenters. The van der Waals surface area contributed by atoms with E-state index in [-0.39, 0.29) is 18.2 Å². The van der Waals surface area contributed by atoms with E-state index in [4.69, 9.17) is 0 Å². The smallest absolute Gasteiger partial charge is 0.319 e. The molecule has 1 saturated heterocycles. The van der Waals surface area contributed by atoms with E-state index in [2.05, 4.69) is 10.3 Å². The second-order valence-corrected chi connectivity index (χ2v) is 8.47. The number of hydrogen-bond donors (Lipinski definition) is 1. The second kappa shape index (κ2) is 7.44. The van der Waals surface area contributed by atoms with Crippen LogP contribution in [0.4, 0.5) is 4.79 Å². The molecular formula is C25H24N4O3. The summed E-state index contributed by atoms with van der Waals surface area (Å²) in [7, 11) is 0. The number of nitrogens with zero attached hydrogens (tertiary/aromatic N) is 3. The van der Waals surface area contributed by atoms with Crippen LogP contribution in [0.5, 0.6) is 0 Å². The number of pyridine rings is 1. The maximum Gasteiger partial charge on any atom is 0.325 e. The molecule has 2 aromatic heterocycles. The maximum atomic E-state index is 13.5. The van der Waals surface area contributed by atoms with E-state index in [0.717, 1.165) is 40.3 Å². The number of urea groups is 1. The summed E-state index contributed by atoms with van der Waals surface area (Å²) in [5, 5.41) is 2.91. The Labute approximate surface area is 186 Å². The van der Waals surface area contributed by atoms with Crippen molar-refractivity contribution in [1.29, 1.82) is 0 Å². The van der Waals surface area contributed by atoms with Gasteiger partial charge in [-0.1, -0.05) is 30.3 Å². The average Bonchev–Trinajstić information content (AvgIpc) is 3.22. The minimum absolute atomic E-state index is 0.273. The molecule has 32 heavy (non-hydrogen) atoms. The lowest BCUT2D eigenvalue weighted by molar-refractivity contribution is -0.131. The Morgan fingerprint density at radius 2 is 1.91 bits per heavy atom. The number of ketones is 1. The van der Waals surface area contributed by atoms with Crippen LogP contribution in [0, 0.1) is 13.8 Å². The van der Waals surface area contributed by atoms with Gasteiger partial charge in [-0.05, 0) is 62.4 Å². The molecule has 0 radical (unpaired) electrons. The van der Waals surface area contributed by atoms with E-state index in [0.29, 0.717) is 17.8 Å². The third-order valence-corrected chi connectivity index (χ3v) is 6.56. The molecule has 1 aliphatic heterocycles. The first-order valence-corrected chi connectivity index (χ1v) is 10.8. The molecule has 2 aliphatic rings. The SMILES string of the molecule is Cc1cc(C(=O)CN2C(=O)NC3(CCCc4ccccc43)C2=O)c(C)n1-c1ccccn1. The van der Waals surface area contributed by atoms with Gasteiger partial charge in [0, 0.05) is 23.1 Å². The van der Waals surface area contributed by atoms with Gasteiger partial charge in [-0.3, -0.25) is 14.5 Å². The van der Waals surface area contributed by atoms with E-state index < -0.39 is 11.6 Å². The van der Waals surface area contributed by atoms with Gasteiger partial charge in [0.05, 0.1) is 6.54 Å². The Kier molecular flexibility index (Phi) is 4.69. The first-order valence-electron chi connectivity index (χ1n) is 10.8. The van der Waals surface area contributed by atoms with Crippen molar-refractivity contribution in [3.63, 3.8) is 0 Å². The van der Waals surface area contributed by atoms with E-state index in [9.17, 15) is 14.4 Å². The Balaban J connectivity index is 1.44. The van der Waals surface area contributed by atoms with Crippen molar-refractivity contribution in [1.82, 2.24) is 19.8 Å². The van der Waals surface area contributed by atoms with Gasteiger partial charge in [0.15, 0.2) is 5.78 Å². The largest absolute Gasteiger partial charge is 0.325 e. The van der Waals surface area contributed by atoms with Gasteiger partial charge < -0.3 is 9.88 Å². The van der Waals surface area contributed by atoms with Crippen molar-refractivity contribution < 1.29 is 14.4 Å². The number of carbonyl (C=O) groups excluding carboxylic acids is 3. The molecule has 1 unspecified atom stereocenters. The molecule has 3 heterocycles. The summed E-state index contributed by atoms with van der Waals surface area (Å²) < 4.78 is 1.90. The summed E-state index contributed by atoms with van der Waals surface area (Å²) in [4.78, 5) is 45.0. The van der Waals surface area contributed by atoms with Crippen LogP contribution in [0.1, 0.15) is 45.7 Å². The van der Waals surface area contributed by atoms with Gasteiger partial charge in [-0.15, -0.1) is 0 Å². The van der Waals surface area contributed by atoms with E-state index in [1.165, 1.54) is 0 Å². The summed E-state index contributed by atoms with van der Waals surface area (Å²) in [6, 6.07) is 14.6. The minimum atomic E-state index is -1.07. The fourth-order valence-electron chi connectivity index (χ4n) is 5.07.